The molecule has 1 aromatic heterocycles. The second-order valence-corrected chi connectivity index (χ2v) is 2.67. The Balaban J connectivity index is 0. The third-order valence-corrected chi connectivity index (χ3v) is 1.45. The van der Waals surface area contributed by atoms with Crippen molar-refractivity contribution in [1.29, 1.82) is 0 Å². The first-order chi connectivity index (χ1) is 5.15. The molecule has 0 saturated heterocycles. The van der Waals surface area contributed by atoms with E-state index in [0.717, 1.165) is 0 Å². The number of aromatic nitrogens is 2. The lowest BCUT2D eigenvalue weighted by molar-refractivity contribution is 0.384. The van der Waals surface area contributed by atoms with Crippen LogP contribution in [0.1, 0.15) is 19.9 Å². The summed E-state index contributed by atoms with van der Waals surface area (Å²) in [6.07, 6.45) is 1.77. The van der Waals surface area contributed by atoms with Gasteiger partial charge in [0.1, 0.15) is 5.69 Å². The minimum atomic E-state index is 0. The van der Waals surface area contributed by atoms with E-state index in [9.17, 15) is 0 Å². The molecule has 2 N–H and O–H groups in total. The zero-order valence-electron chi connectivity index (χ0n) is 7.85. The Labute approximate surface area is 90.3 Å². The third-order valence-electron chi connectivity index (χ3n) is 1.45. The molecule has 0 bridgehead atoms. The topological polar surface area (TPSA) is 53.1 Å². The molecule has 1 rings (SSSR count). The average molecular weight is 228 g/mol. The number of nitrogens with zero attached hydrogens (tertiary/aromatic N) is 2. The fourth-order valence-electron chi connectivity index (χ4n) is 0.812. The molecular weight excluding hydrogens is 213 g/mol. The predicted molar refractivity (Wildman–Crippen MR) is 58.1 cm³/mol. The van der Waals surface area contributed by atoms with E-state index in [1.807, 2.05) is 13.8 Å². The van der Waals surface area contributed by atoms with Crippen LogP contribution in [0.4, 0.5) is 5.69 Å². The van der Waals surface area contributed by atoms with E-state index >= 15 is 0 Å². The second-order valence-electron chi connectivity index (χ2n) is 2.67. The molecule has 4 nitrogen and oxygen atoms in total. The summed E-state index contributed by atoms with van der Waals surface area (Å²) >= 11 is 0. The minimum Gasteiger partial charge on any atom is -0.478 e. The van der Waals surface area contributed by atoms with Gasteiger partial charge in [-0.2, -0.15) is 0 Å². The van der Waals surface area contributed by atoms with Crippen LogP contribution >= 0.6 is 24.8 Å². The Hall–Kier alpha value is -0.610. The molecule has 0 spiro atoms. The van der Waals surface area contributed by atoms with Crippen LogP contribution < -0.4 is 10.5 Å². The highest BCUT2D eigenvalue weighted by Crippen LogP contribution is 2.19. The molecule has 0 amide bonds. The van der Waals surface area contributed by atoms with Gasteiger partial charge in [0, 0.05) is 6.04 Å². The van der Waals surface area contributed by atoms with Gasteiger partial charge in [-0.05, 0) is 13.8 Å². The molecule has 0 aliphatic carbocycles. The molecule has 1 aromatic rings. The van der Waals surface area contributed by atoms with E-state index in [4.69, 9.17) is 10.5 Å². The summed E-state index contributed by atoms with van der Waals surface area (Å²) in [4.78, 5) is 0. The standard InChI is InChI=1S/C7H13N3O.2ClH/c1-5(2)10-4-6(8)7(9-10)11-3;;/h4-5H,8H2,1-3H3;2*1H. The first-order valence-corrected chi connectivity index (χ1v) is 3.53. The van der Waals surface area contributed by atoms with Crippen molar-refractivity contribution in [3.63, 3.8) is 0 Å². The van der Waals surface area contributed by atoms with Crippen molar-refractivity contribution >= 4 is 30.5 Å². The summed E-state index contributed by atoms with van der Waals surface area (Å²) in [7, 11) is 1.56. The van der Waals surface area contributed by atoms with Gasteiger partial charge in [0.05, 0.1) is 13.3 Å². The molecule has 0 aromatic carbocycles. The van der Waals surface area contributed by atoms with Gasteiger partial charge in [0.2, 0.25) is 0 Å². The summed E-state index contributed by atoms with van der Waals surface area (Å²) in [6.45, 7) is 4.07. The van der Waals surface area contributed by atoms with E-state index in [-0.39, 0.29) is 24.8 Å². The van der Waals surface area contributed by atoms with Gasteiger partial charge >= 0.3 is 0 Å². The molecule has 0 aliphatic rings. The summed E-state index contributed by atoms with van der Waals surface area (Å²) in [5.41, 5.74) is 6.17. The smallest absolute Gasteiger partial charge is 0.256 e. The lowest BCUT2D eigenvalue weighted by Gasteiger charge is -2.02. The molecule has 1 heterocycles. The molecule has 0 radical (unpaired) electrons. The largest absolute Gasteiger partial charge is 0.478 e. The SMILES string of the molecule is COc1nn(C(C)C)cc1N.Cl.Cl. The Morgan fingerprint density at radius 1 is 1.46 bits per heavy atom. The molecule has 0 atom stereocenters. The van der Waals surface area contributed by atoms with Crippen LogP contribution in [0.3, 0.4) is 0 Å². The lowest BCUT2D eigenvalue weighted by atomic mass is 10.4. The van der Waals surface area contributed by atoms with Crippen LogP contribution in [-0.4, -0.2) is 16.9 Å². The number of nitrogen functional groups attached to an aromatic ring is 1. The molecule has 0 unspecified atom stereocenters. The maximum Gasteiger partial charge on any atom is 0.256 e. The van der Waals surface area contributed by atoms with Crippen molar-refractivity contribution < 1.29 is 4.74 Å². The highest BCUT2D eigenvalue weighted by molar-refractivity contribution is 5.85. The maximum atomic E-state index is 5.58. The number of rotatable bonds is 2. The first-order valence-electron chi connectivity index (χ1n) is 3.53. The van der Waals surface area contributed by atoms with E-state index in [2.05, 4.69) is 5.10 Å². The zero-order chi connectivity index (χ0) is 8.43. The van der Waals surface area contributed by atoms with Crippen LogP contribution in [0.2, 0.25) is 0 Å². The summed E-state index contributed by atoms with van der Waals surface area (Å²) < 4.78 is 6.69. The number of hydrogen-bond donors (Lipinski definition) is 1. The van der Waals surface area contributed by atoms with Crippen molar-refractivity contribution in [3.05, 3.63) is 6.20 Å². The second kappa shape index (κ2) is 5.94. The Morgan fingerprint density at radius 2 is 2.00 bits per heavy atom. The summed E-state index contributed by atoms with van der Waals surface area (Å²) in [6, 6.07) is 0.321. The van der Waals surface area contributed by atoms with E-state index in [1.165, 1.54) is 0 Å². The number of nitrogens with two attached hydrogens (primary N) is 1. The van der Waals surface area contributed by atoms with Gasteiger partial charge in [0.15, 0.2) is 0 Å². The quantitative estimate of drug-likeness (QED) is 0.840. The van der Waals surface area contributed by atoms with Gasteiger partial charge in [-0.1, -0.05) is 0 Å². The number of methoxy groups -OCH3 is 1. The van der Waals surface area contributed by atoms with Gasteiger partial charge in [-0.15, -0.1) is 29.9 Å². The highest BCUT2D eigenvalue weighted by atomic mass is 35.5. The van der Waals surface area contributed by atoms with Crippen molar-refractivity contribution in [2.75, 3.05) is 12.8 Å². The van der Waals surface area contributed by atoms with Crippen molar-refractivity contribution in [2.24, 2.45) is 0 Å². The van der Waals surface area contributed by atoms with Gasteiger partial charge in [-0.25, -0.2) is 0 Å². The average Bonchev–Trinajstić information content (AvgIpc) is 2.31. The van der Waals surface area contributed by atoms with Crippen LogP contribution in [0.15, 0.2) is 6.20 Å². The summed E-state index contributed by atoms with van der Waals surface area (Å²) in [5.74, 6) is 0.499. The highest BCUT2D eigenvalue weighted by Gasteiger charge is 2.06. The molecule has 0 saturated carbocycles. The number of ether oxygens (including phenoxy) is 1. The van der Waals surface area contributed by atoms with Gasteiger partial charge in [-0.3, -0.25) is 4.68 Å². The molecule has 78 valence electrons. The minimum absolute atomic E-state index is 0. The van der Waals surface area contributed by atoms with Crippen LogP contribution in [0, 0.1) is 0 Å². The Morgan fingerprint density at radius 3 is 2.23 bits per heavy atom. The number of anilines is 1. The van der Waals surface area contributed by atoms with Gasteiger partial charge in [0.25, 0.3) is 5.88 Å². The molecule has 6 heteroatoms. The lowest BCUT2D eigenvalue weighted by Crippen LogP contribution is -2.00. The number of hydrogen-bond acceptors (Lipinski definition) is 3. The van der Waals surface area contributed by atoms with Crippen LogP contribution in [0.5, 0.6) is 5.88 Å². The van der Waals surface area contributed by atoms with Crippen LogP contribution in [0.25, 0.3) is 0 Å². The van der Waals surface area contributed by atoms with Gasteiger partial charge < -0.3 is 10.5 Å². The monoisotopic (exact) mass is 227 g/mol. The maximum absolute atomic E-state index is 5.58. The van der Waals surface area contributed by atoms with E-state index < -0.39 is 0 Å². The molecule has 13 heavy (non-hydrogen) atoms. The first kappa shape index (κ1) is 14.9. The van der Waals surface area contributed by atoms with Crippen LogP contribution in [-0.2, 0) is 0 Å². The number of halogens is 2. The fourth-order valence-corrected chi connectivity index (χ4v) is 0.812. The van der Waals surface area contributed by atoms with E-state index in [1.54, 1.807) is 18.0 Å². The summed E-state index contributed by atoms with van der Waals surface area (Å²) in [5, 5.41) is 4.10. The van der Waals surface area contributed by atoms with Crippen molar-refractivity contribution in [1.82, 2.24) is 9.78 Å². The third kappa shape index (κ3) is 3.32. The normalized spacial score (nSPS) is 8.92. The zero-order valence-corrected chi connectivity index (χ0v) is 9.48. The van der Waals surface area contributed by atoms with E-state index in [0.29, 0.717) is 17.6 Å². The van der Waals surface area contributed by atoms with Crippen molar-refractivity contribution in [3.8, 4) is 5.88 Å². The molecule has 0 aliphatic heterocycles. The fraction of sp³-hybridized carbons (Fsp3) is 0.571. The Bertz CT molecular complexity index is 250. The molecular formula is C7H15Cl2N3O. The predicted octanol–water partition coefficient (Wildman–Crippen LogP) is 1.90. The molecule has 0 fully saturated rings. The van der Waals surface area contributed by atoms with Crippen molar-refractivity contribution in [2.45, 2.75) is 19.9 Å². The Kier molecular flexibility index (Phi) is 6.80.